The summed E-state index contributed by atoms with van der Waals surface area (Å²) < 4.78 is 6.26. The standard InChI is InChI=1S/C20H17ClN4O2S/c1-11-7-8-16-15(9-11)17-18(22-20(28-3)24-23-17)27-19(25(16)12(2)26)13-5-4-6-14(21)10-13/h4-10,19H,1-3H3/t19-/m0/s1. The summed E-state index contributed by atoms with van der Waals surface area (Å²) in [6, 6.07) is 13.1. The third-order valence-corrected chi connectivity index (χ3v) is 5.19. The summed E-state index contributed by atoms with van der Waals surface area (Å²) in [5.41, 5.74) is 3.72. The minimum Gasteiger partial charge on any atom is -0.447 e. The highest BCUT2D eigenvalue weighted by Gasteiger charge is 2.34. The zero-order chi connectivity index (χ0) is 19.8. The number of fused-ring (bicyclic) bond motifs is 3. The van der Waals surface area contributed by atoms with E-state index in [2.05, 4.69) is 15.2 Å². The lowest BCUT2D eigenvalue weighted by Crippen LogP contribution is -2.36. The zero-order valence-electron chi connectivity index (χ0n) is 15.5. The Morgan fingerprint density at radius 3 is 2.75 bits per heavy atom. The summed E-state index contributed by atoms with van der Waals surface area (Å²) in [7, 11) is 0. The first-order chi connectivity index (χ1) is 13.5. The normalized spacial score (nSPS) is 15.3. The van der Waals surface area contributed by atoms with Crippen LogP contribution in [0.5, 0.6) is 5.88 Å². The molecular formula is C20H17ClN4O2S. The molecule has 0 radical (unpaired) electrons. The average Bonchev–Trinajstić information content (AvgIpc) is 2.81. The third kappa shape index (κ3) is 3.31. The molecule has 3 aromatic rings. The molecule has 1 atom stereocenters. The van der Waals surface area contributed by atoms with Crippen molar-refractivity contribution in [3.63, 3.8) is 0 Å². The van der Waals surface area contributed by atoms with Crippen molar-refractivity contribution in [2.45, 2.75) is 25.2 Å². The summed E-state index contributed by atoms with van der Waals surface area (Å²) in [5, 5.41) is 9.56. The number of carbonyl (C=O) groups is 1. The lowest BCUT2D eigenvalue weighted by atomic mass is 10.0. The molecular weight excluding hydrogens is 396 g/mol. The van der Waals surface area contributed by atoms with E-state index < -0.39 is 6.23 Å². The van der Waals surface area contributed by atoms with Gasteiger partial charge in [0.15, 0.2) is 5.69 Å². The highest BCUT2D eigenvalue weighted by Crippen LogP contribution is 2.43. The van der Waals surface area contributed by atoms with Crippen LogP contribution in [0.15, 0.2) is 47.6 Å². The van der Waals surface area contributed by atoms with Crippen LogP contribution < -0.4 is 9.64 Å². The molecule has 6 nitrogen and oxygen atoms in total. The SMILES string of the molecule is CSc1nnc2c(n1)O[C@@H](c1cccc(Cl)c1)N(C(C)=O)c1ccc(C)cc1-2. The van der Waals surface area contributed by atoms with E-state index in [4.69, 9.17) is 16.3 Å². The molecule has 1 aliphatic heterocycles. The summed E-state index contributed by atoms with van der Waals surface area (Å²) in [6.07, 6.45) is 1.14. The van der Waals surface area contributed by atoms with Gasteiger partial charge in [0.25, 0.3) is 0 Å². The van der Waals surface area contributed by atoms with Crippen molar-refractivity contribution in [2.75, 3.05) is 11.2 Å². The molecule has 28 heavy (non-hydrogen) atoms. The van der Waals surface area contributed by atoms with Crippen molar-refractivity contribution in [2.24, 2.45) is 0 Å². The highest BCUT2D eigenvalue weighted by molar-refractivity contribution is 7.98. The maximum Gasteiger partial charge on any atom is 0.247 e. The van der Waals surface area contributed by atoms with Crippen LogP contribution >= 0.6 is 23.4 Å². The first-order valence-electron chi connectivity index (χ1n) is 8.59. The van der Waals surface area contributed by atoms with Gasteiger partial charge in [0.2, 0.25) is 23.2 Å². The van der Waals surface area contributed by atoms with Crippen LogP contribution in [0.2, 0.25) is 5.02 Å². The minimum absolute atomic E-state index is 0.166. The van der Waals surface area contributed by atoms with Gasteiger partial charge in [-0.05, 0) is 37.4 Å². The van der Waals surface area contributed by atoms with Gasteiger partial charge in [0.05, 0.1) is 5.69 Å². The molecule has 0 N–H and O–H groups in total. The molecule has 1 aromatic heterocycles. The number of anilines is 1. The monoisotopic (exact) mass is 412 g/mol. The van der Waals surface area contributed by atoms with Crippen LogP contribution in [0.25, 0.3) is 11.3 Å². The number of aryl methyl sites for hydroxylation is 1. The Bertz CT molecular complexity index is 1080. The van der Waals surface area contributed by atoms with Gasteiger partial charge in [0.1, 0.15) is 0 Å². The first-order valence-corrected chi connectivity index (χ1v) is 10.2. The second kappa shape index (κ2) is 7.41. The fourth-order valence-electron chi connectivity index (χ4n) is 3.18. The summed E-state index contributed by atoms with van der Waals surface area (Å²) in [6.45, 7) is 3.49. The molecule has 0 unspecified atom stereocenters. The molecule has 8 heteroatoms. The molecule has 0 spiro atoms. The van der Waals surface area contributed by atoms with Crippen LogP contribution in [0.1, 0.15) is 24.3 Å². The second-order valence-electron chi connectivity index (χ2n) is 6.39. The number of aromatic nitrogens is 3. The third-order valence-electron chi connectivity index (χ3n) is 4.42. The molecule has 1 amide bonds. The molecule has 1 aliphatic rings. The van der Waals surface area contributed by atoms with Gasteiger partial charge < -0.3 is 4.74 Å². The Kier molecular flexibility index (Phi) is 4.95. The van der Waals surface area contributed by atoms with Crippen molar-refractivity contribution in [3.05, 3.63) is 58.6 Å². The van der Waals surface area contributed by atoms with E-state index in [-0.39, 0.29) is 5.91 Å². The molecule has 4 rings (SSSR count). The predicted octanol–water partition coefficient (Wildman–Crippen LogP) is 4.67. The van der Waals surface area contributed by atoms with Gasteiger partial charge in [0, 0.05) is 23.1 Å². The Labute approximate surface area is 171 Å². The summed E-state index contributed by atoms with van der Waals surface area (Å²) >= 11 is 7.57. The maximum atomic E-state index is 12.7. The summed E-state index contributed by atoms with van der Waals surface area (Å²) in [5.74, 6) is 0.167. The second-order valence-corrected chi connectivity index (χ2v) is 7.60. The van der Waals surface area contributed by atoms with E-state index in [1.165, 1.54) is 18.7 Å². The van der Waals surface area contributed by atoms with Gasteiger partial charge in [-0.25, -0.2) is 0 Å². The van der Waals surface area contributed by atoms with Gasteiger partial charge in [-0.15, -0.1) is 10.2 Å². The van der Waals surface area contributed by atoms with Crippen LogP contribution in [0.3, 0.4) is 0 Å². The summed E-state index contributed by atoms with van der Waals surface area (Å²) in [4.78, 5) is 18.8. The molecule has 0 bridgehead atoms. The topological polar surface area (TPSA) is 68.2 Å². The molecule has 0 saturated heterocycles. The van der Waals surface area contributed by atoms with E-state index >= 15 is 0 Å². The molecule has 0 aliphatic carbocycles. The first kappa shape index (κ1) is 18.7. The smallest absolute Gasteiger partial charge is 0.247 e. The van der Waals surface area contributed by atoms with Crippen LogP contribution in [-0.4, -0.2) is 27.3 Å². The Balaban J connectivity index is 2.00. The fourth-order valence-corrected chi connectivity index (χ4v) is 3.68. The molecule has 142 valence electrons. The fraction of sp³-hybridized carbons (Fsp3) is 0.200. The molecule has 2 aromatic carbocycles. The van der Waals surface area contributed by atoms with E-state index in [0.29, 0.717) is 27.4 Å². The molecule has 0 saturated carbocycles. The van der Waals surface area contributed by atoms with E-state index in [9.17, 15) is 4.79 Å². The van der Waals surface area contributed by atoms with Crippen LogP contribution in [0, 0.1) is 6.92 Å². The predicted molar refractivity (Wildman–Crippen MR) is 110 cm³/mol. The number of amides is 1. The van der Waals surface area contributed by atoms with E-state index in [1.54, 1.807) is 17.0 Å². The van der Waals surface area contributed by atoms with Crippen LogP contribution in [0.4, 0.5) is 5.69 Å². The number of nitrogens with zero attached hydrogens (tertiary/aromatic N) is 4. The minimum atomic E-state index is -0.731. The largest absolute Gasteiger partial charge is 0.447 e. The number of benzene rings is 2. The maximum absolute atomic E-state index is 12.7. The average molecular weight is 413 g/mol. The van der Waals surface area contributed by atoms with Crippen molar-refractivity contribution < 1.29 is 9.53 Å². The number of thioether (sulfide) groups is 1. The number of rotatable bonds is 2. The van der Waals surface area contributed by atoms with E-state index in [1.807, 2.05) is 43.5 Å². The van der Waals surface area contributed by atoms with Gasteiger partial charge in [-0.2, -0.15) is 4.98 Å². The molecule has 2 heterocycles. The van der Waals surface area contributed by atoms with Gasteiger partial charge >= 0.3 is 0 Å². The number of hydrogen-bond donors (Lipinski definition) is 0. The van der Waals surface area contributed by atoms with Crippen molar-refractivity contribution in [3.8, 4) is 17.1 Å². The number of carbonyl (C=O) groups excluding carboxylic acids is 1. The lowest BCUT2D eigenvalue weighted by Gasteiger charge is -2.30. The Morgan fingerprint density at radius 2 is 2.04 bits per heavy atom. The lowest BCUT2D eigenvalue weighted by molar-refractivity contribution is -0.118. The van der Waals surface area contributed by atoms with Crippen molar-refractivity contribution in [1.82, 2.24) is 15.2 Å². The Morgan fingerprint density at radius 1 is 1.21 bits per heavy atom. The van der Waals surface area contributed by atoms with Crippen molar-refractivity contribution >= 4 is 35.0 Å². The van der Waals surface area contributed by atoms with Crippen molar-refractivity contribution in [1.29, 1.82) is 0 Å². The number of ether oxygens (including phenoxy) is 1. The zero-order valence-corrected chi connectivity index (χ0v) is 17.1. The van der Waals surface area contributed by atoms with E-state index in [0.717, 1.165) is 16.7 Å². The van der Waals surface area contributed by atoms with Gasteiger partial charge in [-0.1, -0.05) is 47.1 Å². The number of hydrogen-bond acceptors (Lipinski definition) is 6. The van der Waals surface area contributed by atoms with Gasteiger partial charge in [-0.3, -0.25) is 9.69 Å². The number of halogens is 1. The van der Waals surface area contributed by atoms with Crippen LogP contribution in [-0.2, 0) is 4.79 Å². The highest BCUT2D eigenvalue weighted by atomic mass is 35.5. The Hall–Kier alpha value is -2.64. The quantitative estimate of drug-likeness (QED) is 0.570. The molecule has 0 fully saturated rings.